The standard InChI is InChI=1S/C10H13BrFNO2/c1-5(13)3-6-7(11)4-8(15-2)10(14)9(6)12/h4-5,14H,3,13H2,1-2H3. The van der Waals surface area contributed by atoms with Crippen LogP contribution in [0.3, 0.4) is 0 Å². The zero-order chi connectivity index (χ0) is 11.6. The Balaban J connectivity index is 3.23. The quantitative estimate of drug-likeness (QED) is 0.891. The zero-order valence-corrected chi connectivity index (χ0v) is 10.1. The van der Waals surface area contributed by atoms with Gasteiger partial charge < -0.3 is 15.6 Å². The van der Waals surface area contributed by atoms with Gasteiger partial charge in [0.1, 0.15) is 0 Å². The summed E-state index contributed by atoms with van der Waals surface area (Å²) in [6.07, 6.45) is 0.351. The summed E-state index contributed by atoms with van der Waals surface area (Å²) in [5.41, 5.74) is 5.95. The van der Waals surface area contributed by atoms with Crippen molar-refractivity contribution in [2.24, 2.45) is 5.73 Å². The number of methoxy groups -OCH3 is 1. The van der Waals surface area contributed by atoms with Crippen molar-refractivity contribution in [3.63, 3.8) is 0 Å². The highest BCUT2D eigenvalue weighted by molar-refractivity contribution is 9.10. The Kier molecular flexibility index (Phi) is 3.93. The highest BCUT2D eigenvalue weighted by Gasteiger charge is 2.17. The lowest BCUT2D eigenvalue weighted by Crippen LogP contribution is -2.19. The molecule has 84 valence electrons. The topological polar surface area (TPSA) is 55.5 Å². The number of aromatic hydroxyl groups is 1. The van der Waals surface area contributed by atoms with Gasteiger partial charge in [-0.2, -0.15) is 0 Å². The van der Waals surface area contributed by atoms with E-state index in [9.17, 15) is 9.50 Å². The van der Waals surface area contributed by atoms with Crippen LogP contribution in [-0.2, 0) is 6.42 Å². The first-order valence-electron chi connectivity index (χ1n) is 4.46. The average molecular weight is 278 g/mol. The maximum Gasteiger partial charge on any atom is 0.194 e. The average Bonchev–Trinajstić information content (AvgIpc) is 2.18. The predicted molar refractivity (Wildman–Crippen MR) is 59.7 cm³/mol. The van der Waals surface area contributed by atoms with Crippen LogP contribution in [0.1, 0.15) is 12.5 Å². The van der Waals surface area contributed by atoms with Gasteiger partial charge in [-0.3, -0.25) is 0 Å². The Morgan fingerprint density at radius 2 is 2.27 bits per heavy atom. The minimum atomic E-state index is -0.682. The fraction of sp³-hybridized carbons (Fsp3) is 0.400. The predicted octanol–water partition coefficient (Wildman–Crippen LogP) is 2.19. The molecule has 0 aliphatic carbocycles. The SMILES string of the molecule is COc1cc(Br)c(CC(C)N)c(F)c1O. The number of halogens is 2. The Morgan fingerprint density at radius 3 is 2.73 bits per heavy atom. The molecule has 1 unspecified atom stereocenters. The van der Waals surface area contributed by atoms with Gasteiger partial charge in [-0.25, -0.2) is 4.39 Å². The summed E-state index contributed by atoms with van der Waals surface area (Å²) < 4.78 is 19.0. The molecule has 3 nitrogen and oxygen atoms in total. The third-order valence-corrected chi connectivity index (χ3v) is 2.71. The lowest BCUT2D eigenvalue weighted by atomic mass is 10.1. The van der Waals surface area contributed by atoms with Gasteiger partial charge in [-0.05, 0) is 19.4 Å². The molecule has 3 N–H and O–H groups in total. The van der Waals surface area contributed by atoms with E-state index in [0.717, 1.165) is 0 Å². The molecule has 1 aromatic carbocycles. The summed E-state index contributed by atoms with van der Waals surface area (Å²) in [4.78, 5) is 0. The number of phenols is 1. The van der Waals surface area contributed by atoms with E-state index in [1.54, 1.807) is 6.92 Å². The monoisotopic (exact) mass is 277 g/mol. The molecule has 0 heterocycles. The summed E-state index contributed by atoms with van der Waals surface area (Å²) in [6.45, 7) is 1.77. The van der Waals surface area contributed by atoms with Crippen molar-refractivity contribution in [1.82, 2.24) is 0 Å². The van der Waals surface area contributed by atoms with E-state index in [1.807, 2.05) is 0 Å². The van der Waals surface area contributed by atoms with E-state index >= 15 is 0 Å². The summed E-state index contributed by atoms with van der Waals surface area (Å²) in [5.74, 6) is -1.05. The largest absolute Gasteiger partial charge is 0.502 e. The summed E-state index contributed by atoms with van der Waals surface area (Å²) >= 11 is 3.21. The molecular formula is C10H13BrFNO2. The van der Waals surface area contributed by atoms with Crippen LogP contribution in [0.4, 0.5) is 4.39 Å². The highest BCUT2D eigenvalue weighted by atomic mass is 79.9. The smallest absolute Gasteiger partial charge is 0.194 e. The number of phenolic OH excluding ortho intramolecular Hbond substituents is 1. The normalized spacial score (nSPS) is 12.6. The molecule has 0 fully saturated rings. The number of hydrogen-bond donors (Lipinski definition) is 2. The first-order chi connectivity index (χ1) is 6.97. The number of hydrogen-bond acceptors (Lipinski definition) is 3. The third kappa shape index (κ3) is 2.60. The number of nitrogens with two attached hydrogens (primary N) is 1. The van der Waals surface area contributed by atoms with Gasteiger partial charge in [0.25, 0.3) is 0 Å². The van der Waals surface area contributed by atoms with Crippen molar-refractivity contribution in [3.05, 3.63) is 21.9 Å². The Labute approximate surface area is 96.2 Å². The van der Waals surface area contributed by atoms with E-state index in [2.05, 4.69) is 15.9 Å². The van der Waals surface area contributed by atoms with Crippen molar-refractivity contribution in [2.75, 3.05) is 7.11 Å². The molecule has 1 rings (SSSR count). The fourth-order valence-corrected chi connectivity index (χ4v) is 1.84. The first-order valence-corrected chi connectivity index (χ1v) is 5.26. The van der Waals surface area contributed by atoms with Crippen molar-refractivity contribution in [3.8, 4) is 11.5 Å². The summed E-state index contributed by atoms with van der Waals surface area (Å²) in [7, 11) is 1.37. The van der Waals surface area contributed by atoms with Crippen LogP contribution in [0.15, 0.2) is 10.5 Å². The number of ether oxygens (including phenoxy) is 1. The van der Waals surface area contributed by atoms with Crippen LogP contribution in [0.25, 0.3) is 0 Å². The first kappa shape index (κ1) is 12.3. The Bertz CT molecular complexity index is 369. The fourth-order valence-electron chi connectivity index (χ4n) is 1.29. The van der Waals surface area contributed by atoms with Gasteiger partial charge in [0.05, 0.1) is 7.11 Å². The second-order valence-corrected chi connectivity index (χ2v) is 4.24. The van der Waals surface area contributed by atoms with E-state index in [0.29, 0.717) is 16.5 Å². The van der Waals surface area contributed by atoms with Crippen LogP contribution >= 0.6 is 15.9 Å². The van der Waals surface area contributed by atoms with Gasteiger partial charge >= 0.3 is 0 Å². The molecule has 0 aliphatic heterocycles. The molecule has 0 saturated carbocycles. The van der Waals surface area contributed by atoms with Crippen molar-refractivity contribution >= 4 is 15.9 Å². The molecule has 1 atom stereocenters. The van der Waals surface area contributed by atoms with Crippen molar-refractivity contribution < 1.29 is 14.2 Å². The number of rotatable bonds is 3. The molecule has 0 radical (unpaired) electrons. The molecule has 0 aromatic heterocycles. The lowest BCUT2D eigenvalue weighted by Gasteiger charge is -2.12. The van der Waals surface area contributed by atoms with Crippen LogP contribution in [0.5, 0.6) is 11.5 Å². The zero-order valence-electron chi connectivity index (χ0n) is 8.55. The van der Waals surface area contributed by atoms with Crippen LogP contribution in [0.2, 0.25) is 0 Å². The molecule has 1 aromatic rings. The molecule has 0 bridgehead atoms. The van der Waals surface area contributed by atoms with Gasteiger partial charge in [0, 0.05) is 16.1 Å². The molecular weight excluding hydrogens is 265 g/mol. The minimum Gasteiger partial charge on any atom is -0.502 e. The lowest BCUT2D eigenvalue weighted by molar-refractivity contribution is 0.354. The maximum absolute atomic E-state index is 13.7. The van der Waals surface area contributed by atoms with Crippen LogP contribution in [0, 0.1) is 5.82 Å². The van der Waals surface area contributed by atoms with E-state index in [4.69, 9.17) is 10.5 Å². The molecule has 0 amide bonds. The van der Waals surface area contributed by atoms with Gasteiger partial charge in [-0.1, -0.05) is 15.9 Å². The molecule has 5 heteroatoms. The van der Waals surface area contributed by atoms with E-state index < -0.39 is 11.6 Å². The van der Waals surface area contributed by atoms with Gasteiger partial charge in [0.2, 0.25) is 0 Å². The Morgan fingerprint density at radius 1 is 1.67 bits per heavy atom. The van der Waals surface area contributed by atoms with E-state index in [1.165, 1.54) is 13.2 Å². The molecule has 0 saturated heterocycles. The second-order valence-electron chi connectivity index (χ2n) is 3.38. The molecule has 15 heavy (non-hydrogen) atoms. The Hall–Kier alpha value is -0.810. The van der Waals surface area contributed by atoms with E-state index in [-0.39, 0.29) is 11.8 Å². The van der Waals surface area contributed by atoms with Crippen molar-refractivity contribution in [2.45, 2.75) is 19.4 Å². The summed E-state index contributed by atoms with van der Waals surface area (Å²) in [6, 6.07) is 1.35. The maximum atomic E-state index is 13.7. The summed E-state index contributed by atoms with van der Waals surface area (Å²) in [5, 5.41) is 9.45. The second kappa shape index (κ2) is 4.81. The number of benzene rings is 1. The third-order valence-electron chi connectivity index (χ3n) is 2.00. The molecule has 0 aliphatic rings. The van der Waals surface area contributed by atoms with Crippen LogP contribution < -0.4 is 10.5 Å². The molecule has 0 spiro atoms. The highest BCUT2D eigenvalue weighted by Crippen LogP contribution is 2.36. The van der Waals surface area contributed by atoms with Gasteiger partial charge in [-0.15, -0.1) is 0 Å². The van der Waals surface area contributed by atoms with Crippen molar-refractivity contribution in [1.29, 1.82) is 0 Å². The van der Waals surface area contributed by atoms with Gasteiger partial charge in [0.15, 0.2) is 17.3 Å². The minimum absolute atomic E-state index is 0.104. The van der Waals surface area contributed by atoms with Crippen LogP contribution in [-0.4, -0.2) is 18.3 Å².